The van der Waals surface area contributed by atoms with Crippen molar-refractivity contribution in [2.24, 2.45) is 5.92 Å². The summed E-state index contributed by atoms with van der Waals surface area (Å²) in [7, 11) is 0. The molecule has 2 rings (SSSR count). The van der Waals surface area contributed by atoms with Crippen molar-refractivity contribution in [3.63, 3.8) is 0 Å². The van der Waals surface area contributed by atoms with Gasteiger partial charge in [-0.15, -0.1) is 0 Å². The average Bonchev–Trinajstić information content (AvgIpc) is 2.37. The first-order valence-electron chi connectivity index (χ1n) is 6.77. The highest BCUT2D eigenvalue weighted by Crippen LogP contribution is 2.23. The van der Waals surface area contributed by atoms with Crippen LogP contribution in [0.2, 0.25) is 0 Å². The minimum absolute atomic E-state index is 0.545. The Kier molecular flexibility index (Phi) is 4.17. The summed E-state index contributed by atoms with van der Waals surface area (Å²) in [6.07, 6.45) is 1.78. The Balaban J connectivity index is 2.17. The molecule has 3 heteroatoms. The normalized spacial score (nSPS) is 14.8. The Labute approximate surface area is 114 Å². The molecular formula is C16H22N2O. The van der Waals surface area contributed by atoms with Crippen molar-refractivity contribution < 1.29 is 5.11 Å². The first-order chi connectivity index (χ1) is 8.99. The standard InChI is InChI=1S/C16H22N2O/c1-12(2)10-17-11-16(3,19)14-7-6-13-5-4-8-18-15(13)9-14/h4-9,12,17,19H,10-11H2,1-3H3. The van der Waals surface area contributed by atoms with E-state index in [9.17, 15) is 5.11 Å². The Hall–Kier alpha value is -1.45. The Morgan fingerprint density at radius 1 is 1.32 bits per heavy atom. The molecule has 2 aromatic rings. The van der Waals surface area contributed by atoms with E-state index in [1.54, 1.807) is 6.20 Å². The Morgan fingerprint density at radius 2 is 2.11 bits per heavy atom. The minimum atomic E-state index is -0.874. The predicted octanol–water partition coefficient (Wildman–Crippen LogP) is 2.69. The van der Waals surface area contributed by atoms with Crippen LogP contribution in [0.1, 0.15) is 26.3 Å². The van der Waals surface area contributed by atoms with Crippen LogP contribution in [0.5, 0.6) is 0 Å². The summed E-state index contributed by atoms with van der Waals surface area (Å²) in [5.41, 5.74) is 0.944. The number of hydrogen-bond donors (Lipinski definition) is 2. The van der Waals surface area contributed by atoms with Gasteiger partial charge in [0.15, 0.2) is 0 Å². The van der Waals surface area contributed by atoms with E-state index in [0.717, 1.165) is 23.0 Å². The van der Waals surface area contributed by atoms with Gasteiger partial charge in [-0.3, -0.25) is 4.98 Å². The maximum absolute atomic E-state index is 10.6. The van der Waals surface area contributed by atoms with E-state index in [1.165, 1.54) is 0 Å². The van der Waals surface area contributed by atoms with E-state index in [1.807, 2.05) is 37.3 Å². The van der Waals surface area contributed by atoms with Gasteiger partial charge in [0, 0.05) is 18.1 Å². The van der Waals surface area contributed by atoms with Crippen LogP contribution in [-0.4, -0.2) is 23.2 Å². The molecule has 1 unspecified atom stereocenters. The summed E-state index contributed by atoms with van der Waals surface area (Å²) < 4.78 is 0. The van der Waals surface area contributed by atoms with E-state index in [2.05, 4.69) is 24.1 Å². The largest absolute Gasteiger partial charge is 0.384 e. The number of pyridine rings is 1. The number of nitrogens with zero attached hydrogens (tertiary/aromatic N) is 1. The number of aromatic nitrogens is 1. The van der Waals surface area contributed by atoms with Crippen LogP contribution in [0.25, 0.3) is 10.9 Å². The molecule has 1 aromatic carbocycles. The maximum Gasteiger partial charge on any atom is 0.0993 e. The van der Waals surface area contributed by atoms with Crippen LogP contribution in [0.3, 0.4) is 0 Å². The van der Waals surface area contributed by atoms with Gasteiger partial charge >= 0.3 is 0 Å². The van der Waals surface area contributed by atoms with Crippen LogP contribution < -0.4 is 5.32 Å². The highest BCUT2D eigenvalue weighted by Gasteiger charge is 2.22. The van der Waals surface area contributed by atoms with E-state index in [0.29, 0.717) is 12.5 Å². The molecule has 3 nitrogen and oxygen atoms in total. The summed E-state index contributed by atoms with van der Waals surface area (Å²) in [5.74, 6) is 0.578. The third-order valence-corrected chi connectivity index (χ3v) is 3.25. The molecule has 0 bridgehead atoms. The van der Waals surface area contributed by atoms with Crippen molar-refractivity contribution in [2.75, 3.05) is 13.1 Å². The molecule has 0 radical (unpaired) electrons. The Morgan fingerprint density at radius 3 is 2.84 bits per heavy atom. The lowest BCUT2D eigenvalue weighted by molar-refractivity contribution is 0.0565. The van der Waals surface area contributed by atoms with Gasteiger partial charge < -0.3 is 10.4 Å². The van der Waals surface area contributed by atoms with Crippen molar-refractivity contribution in [3.05, 3.63) is 42.1 Å². The predicted molar refractivity (Wildman–Crippen MR) is 79.0 cm³/mol. The quantitative estimate of drug-likeness (QED) is 0.866. The second-order valence-corrected chi connectivity index (χ2v) is 5.71. The summed E-state index contributed by atoms with van der Waals surface area (Å²) in [6.45, 7) is 7.60. The number of benzene rings is 1. The highest BCUT2D eigenvalue weighted by atomic mass is 16.3. The van der Waals surface area contributed by atoms with Gasteiger partial charge in [0.1, 0.15) is 0 Å². The van der Waals surface area contributed by atoms with Crippen LogP contribution in [-0.2, 0) is 5.60 Å². The van der Waals surface area contributed by atoms with Gasteiger partial charge in [-0.25, -0.2) is 0 Å². The summed E-state index contributed by atoms with van der Waals surface area (Å²) in [4.78, 5) is 4.33. The zero-order chi connectivity index (χ0) is 13.9. The number of aliphatic hydroxyl groups is 1. The molecule has 102 valence electrons. The average molecular weight is 258 g/mol. The second-order valence-electron chi connectivity index (χ2n) is 5.71. The number of rotatable bonds is 5. The molecule has 0 saturated heterocycles. The van der Waals surface area contributed by atoms with Gasteiger partial charge in [-0.2, -0.15) is 0 Å². The lowest BCUT2D eigenvalue weighted by atomic mass is 9.94. The number of hydrogen-bond acceptors (Lipinski definition) is 3. The van der Waals surface area contributed by atoms with Crippen LogP contribution in [0.15, 0.2) is 36.5 Å². The van der Waals surface area contributed by atoms with Crippen LogP contribution >= 0.6 is 0 Å². The first-order valence-corrected chi connectivity index (χ1v) is 6.77. The van der Waals surface area contributed by atoms with Crippen LogP contribution in [0, 0.1) is 5.92 Å². The topological polar surface area (TPSA) is 45.1 Å². The molecule has 19 heavy (non-hydrogen) atoms. The molecule has 0 spiro atoms. The molecule has 2 N–H and O–H groups in total. The van der Waals surface area contributed by atoms with E-state index < -0.39 is 5.60 Å². The van der Waals surface area contributed by atoms with E-state index in [-0.39, 0.29) is 0 Å². The van der Waals surface area contributed by atoms with Crippen molar-refractivity contribution in [2.45, 2.75) is 26.4 Å². The molecule has 0 aliphatic heterocycles. The lowest BCUT2D eigenvalue weighted by Crippen LogP contribution is -2.37. The lowest BCUT2D eigenvalue weighted by Gasteiger charge is -2.25. The Bertz CT molecular complexity index is 549. The zero-order valence-corrected chi connectivity index (χ0v) is 11.9. The molecule has 0 aliphatic carbocycles. The van der Waals surface area contributed by atoms with Gasteiger partial charge in [-0.1, -0.05) is 32.0 Å². The van der Waals surface area contributed by atoms with Crippen molar-refractivity contribution in [1.82, 2.24) is 10.3 Å². The fourth-order valence-electron chi connectivity index (χ4n) is 2.11. The van der Waals surface area contributed by atoms with Crippen molar-refractivity contribution in [3.8, 4) is 0 Å². The van der Waals surface area contributed by atoms with Gasteiger partial charge in [0.05, 0.1) is 11.1 Å². The fraction of sp³-hybridized carbons (Fsp3) is 0.438. The zero-order valence-electron chi connectivity index (χ0n) is 11.9. The molecule has 1 aromatic heterocycles. The molecule has 0 aliphatic rings. The highest BCUT2D eigenvalue weighted by molar-refractivity contribution is 5.79. The molecule has 0 fully saturated rings. The smallest absolute Gasteiger partial charge is 0.0993 e. The van der Waals surface area contributed by atoms with E-state index >= 15 is 0 Å². The first kappa shape index (κ1) is 14.0. The SMILES string of the molecule is CC(C)CNCC(C)(O)c1ccc2cccnc2c1. The maximum atomic E-state index is 10.6. The number of nitrogens with one attached hydrogen (secondary N) is 1. The van der Waals surface area contributed by atoms with Gasteiger partial charge in [0.25, 0.3) is 0 Å². The summed E-state index contributed by atoms with van der Waals surface area (Å²) in [6, 6.07) is 9.89. The monoisotopic (exact) mass is 258 g/mol. The summed E-state index contributed by atoms with van der Waals surface area (Å²) in [5, 5.41) is 15.0. The van der Waals surface area contributed by atoms with Gasteiger partial charge in [0.2, 0.25) is 0 Å². The molecule has 0 saturated carbocycles. The summed E-state index contributed by atoms with van der Waals surface area (Å²) >= 11 is 0. The van der Waals surface area contributed by atoms with Crippen molar-refractivity contribution >= 4 is 10.9 Å². The second kappa shape index (κ2) is 5.68. The fourth-order valence-corrected chi connectivity index (χ4v) is 2.11. The third-order valence-electron chi connectivity index (χ3n) is 3.25. The molecule has 1 heterocycles. The number of fused-ring (bicyclic) bond motifs is 1. The third kappa shape index (κ3) is 3.52. The van der Waals surface area contributed by atoms with E-state index in [4.69, 9.17) is 0 Å². The van der Waals surface area contributed by atoms with Gasteiger partial charge in [-0.05, 0) is 37.1 Å². The minimum Gasteiger partial charge on any atom is -0.384 e. The molecule has 0 amide bonds. The van der Waals surface area contributed by atoms with Crippen molar-refractivity contribution in [1.29, 1.82) is 0 Å². The van der Waals surface area contributed by atoms with Crippen LogP contribution in [0.4, 0.5) is 0 Å². The molecule has 1 atom stereocenters. The molecular weight excluding hydrogens is 236 g/mol.